The summed E-state index contributed by atoms with van der Waals surface area (Å²) in [4.78, 5) is 0. The Hall–Kier alpha value is 0.290. The average Bonchev–Trinajstić information content (AvgIpc) is 1.62. The first-order chi connectivity index (χ1) is 3.84. The van der Waals surface area contributed by atoms with E-state index in [4.69, 9.17) is 11.6 Å². The molecule has 0 bridgehead atoms. The van der Waals surface area contributed by atoms with Crippen molar-refractivity contribution in [2.45, 2.75) is 31.1 Å². The van der Waals surface area contributed by atoms with Crippen LogP contribution < -0.4 is 0 Å². The van der Waals surface area contributed by atoms with E-state index in [9.17, 15) is 0 Å². The highest BCUT2D eigenvalue weighted by Gasteiger charge is 2.23. The van der Waals surface area contributed by atoms with Gasteiger partial charge in [0.25, 0.3) is 0 Å². The highest BCUT2D eigenvalue weighted by molar-refractivity contribution is 6.20. The van der Waals surface area contributed by atoms with E-state index in [1.807, 2.05) is 0 Å². The summed E-state index contributed by atoms with van der Waals surface area (Å²) in [5.74, 6) is 0.800. The molecule has 47 valence electrons. The number of alkyl halides is 1. The summed E-state index contributed by atoms with van der Waals surface area (Å²) in [7, 11) is 0. The zero-order valence-electron chi connectivity index (χ0n) is 5.07. The van der Waals surface area contributed by atoms with Crippen molar-refractivity contribution in [1.29, 1.82) is 0 Å². The van der Waals surface area contributed by atoms with E-state index in [-0.39, 0.29) is 0 Å². The molecule has 0 heterocycles. The predicted octanol–water partition coefficient (Wildman–Crippen LogP) is 2.62. The maximum atomic E-state index is 5.90. The summed E-state index contributed by atoms with van der Waals surface area (Å²) in [5.41, 5.74) is 0. The molecule has 0 N–H and O–H groups in total. The molecule has 0 amide bonds. The molecule has 0 saturated heterocycles. The Balaban J connectivity index is 2.13. The van der Waals surface area contributed by atoms with Gasteiger partial charge in [0.05, 0.1) is 0 Å². The van der Waals surface area contributed by atoms with Gasteiger partial charge < -0.3 is 0 Å². The third-order valence-electron chi connectivity index (χ3n) is 1.94. The van der Waals surface area contributed by atoms with E-state index in [0.29, 0.717) is 5.38 Å². The van der Waals surface area contributed by atoms with E-state index >= 15 is 0 Å². The standard InChI is InChI=1S/C7H12Cl/c1-2-7(8)6-4-3-5-6/h6-7H,1-5H2. The molecule has 0 aromatic rings. The number of rotatable bonds is 2. The van der Waals surface area contributed by atoms with Crippen molar-refractivity contribution in [2.75, 3.05) is 0 Å². The van der Waals surface area contributed by atoms with Crippen molar-refractivity contribution in [3.8, 4) is 0 Å². The van der Waals surface area contributed by atoms with Crippen molar-refractivity contribution in [3.63, 3.8) is 0 Å². The van der Waals surface area contributed by atoms with Gasteiger partial charge in [-0.25, -0.2) is 0 Å². The fourth-order valence-electron chi connectivity index (χ4n) is 1.04. The van der Waals surface area contributed by atoms with Crippen LogP contribution in [0.4, 0.5) is 0 Å². The number of halogens is 1. The van der Waals surface area contributed by atoms with Gasteiger partial charge in [-0.2, -0.15) is 0 Å². The van der Waals surface area contributed by atoms with Crippen LogP contribution in [0, 0.1) is 12.8 Å². The second-order valence-corrected chi connectivity index (χ2v) is 3.06. The third-order valence-corrected chi connectivity index (χ3v) is 2.51. The molecule has 1 heteroatoms. The van der Waals surface area contributed by atoms with Crippen LogP contribution in [-0.2, 0) is 0 Å². The van der Waals surface area contributed by atoms with E-state index in [2.05, 4.69) is 6.92 Å². The summed E-state index contributed by atoms with van der Waals surface area (Å²) in [6.07, 6.45) is 4.95. The number of hydrogen-bond donors (Lipinski definition) is 0. The van der Waals surface area contributed by atoms with E-state index in [1.165, 1.54) is 19.3 Å². The lowest BCUT2D eigenvalue weighted by Gasteiger charge is -2.28. The van der Waals surface area contributed by atoms with Gasteiger partial charge in [0.2, 0.25) is 0 Å². The van der Waals surface area contributed by atoms with Crippen LogP contribution >= 0.6 is 11.6 Å². The zero-order chi connectivity index (χ0) is 5.98. The van der Waals surface area contributed by atoms with Crippen LogP contribution in [-0.4, -0.2) is 5.38 Å². The molecule has 0 spiro atoms. The summed E-state index contributed by atoms with van der Waals surface area (Å²) in [6, 6.07) is 0. The normalized spacial score (nSPS) is 24.8. The molecule has 1 saturated carbocycles. The van der Waals surface area contributed by atoms with Crippen molar-refractivity contribution in [3.05, 3.63) is 6.92 Å². The third kappa shape index (κ3) is 1.17. The minimum Gasteiger partial charge on any atom is -0.123 e. The molecule has 1 aliphatic carbocycles. The molecule has 8 heavy (non-hydrogen) atoms. The Morgan fingerprint density at radius 2 is 2.25 bits per heavy atom. The fourth-order valence-corrected chi connectivity index (χ4v) is 1.29. The maximum Gasteiger partial charge on any atom is 0.0364 e. The Labute approximate surface area is 56.2 Å². The lowest BCUT2D eigenvalue weighted by atomic mass is 9.82. The Morgan fingerprint density at radius 3 is 2.38 bits per heavy atom. The minimum absolute atomic E-state index is 0.365. The van der Waals surface area contributed by atoms with Crippen LogP contribution in [0.25, 0.3) is 0 Å². The maximum absolute atomic E-state index is 5.90. The van der Waals surface area contributed by atoms with Gasteiger partial charge in [-0.3, -0.25) is 0 Å². The Kier molecular flexibility index (Phi) is 2.18. The van der Waals surface area contributed by atoms with Crippen molar-refractivity contribution in [1.82, 2.24) is 0 Å². The summed E-state index contributed by atoms with van der Waals surface area (Å²) >= 11 is 5.90. The van der Waals surface area contributed by atoms with Crippen LogP contribution in [0.15, 0.2) is 0 Å². The molecular weight excluding hydrogens is 120 g/mol. The first-order valence-electron chi connectivity index (χ1n) is 3.28. The van der Waals surface area contributed by atoms with Gasteiger partial charge in [-0.15, -0.1) is 11.6 Å². The topological polar surface area (TPSA) is 0 Å². The second-order valence-electron chi connectivity index (χ2n) is 2.50. The molecule has 1 atom stereocenters. The average molecular weight is 132 g/mol. The summed E-state index contributed by atoms with van der Waals surface area (Å²) < 4.78 is 0. The molecular formula is C7H12Cl. The van der Waals surface area contributed by atoms with Gasteiger partial charge in [0.15, 0.2) is 0 Å². The first kappa shape index (κ1) is 6.41. The van der Waals surface area contributed by atoms with Gasteiger partial charge in [-0.05, 0) is 25.2 Å². The zero-order valence-corrected chi connectivity index (χ0v) is 5.82. The molecule has 1 unspecified atom stereocenters. The summed E-state index contributed by atoms with van der Waals surface area (Å²) in [5, 5.41) is 0.365. The molecule has 1 radical (unpaired) electrons. The number of hydrogen-bond acceptors (Lipinski definition) is 0. The van der Waals surface area contributed by atoms with Crippen LogP contribution in [0.2, 0.25) is 0 Å². The highest BCUT2D eigenvalue weighted by atomic mass is 35.5. The van der Waals surface area contributed by atoms with Gasteiger partial charge in [0, 0.05) is 5.38 Å². The Morgan fingerprint density at radius 1 is 1.62 bits per heavy atom. The predicted molar refractivity (Wildman–Crippen MR) is 37.0 cm³/mol. The van der Waals surface area contributed by atoms with Gasteiger partial charge >= 0.3 is 0 Å². The van der Waals surface area contributed by atoms with Gasteiger partial charge in [-0.1, -0.05) is 13.3 Å². The van der Waals surface area contributed by atoms with Crippen molar-refractivity contribution >= 4 is 11.6 Å². The largest absolute Gasteiger partial charge is 0.123 e. The van der Waals surface area contributed by atoms with E-state index in [1.54, 1.807) is 0 Å². The smallest absolute Gasteiger partial charge is 0.0364 e. The quantitative estimate of drug-likeness (QED) is 0.506. The Bertz CT molecular complexity index is 64.0. The van der Waals surface area contributed by atoms with E-state index < -0.39 is 0 Å². The molecule has 1 fully saturated rings. The van der Waals surface area contributed by atoms with Crippen LogP contribution in [0.1, 0.15) is 25.7 Å². The fraction of sp³-hybridized carbons (Fsp3) is 0.857. The highest BCUT2D eigenvalue weighted by Crippen LogP contribution is 2.33. The minimum atomic E-state index is 0.365. The molecule has 0 nitrogen and oxygen atoms in total. The van der Waals surface area contributed by atoms with Gasteiger partial charge in [0.1, 0.15) is 0 Å². The molecule has 0 aromatic heterocycles. The lowest BCUT2D eigenvalue weighted by Crippen LogP contribution is -2.21. The first-order valence-corrected chi connectivity index (χ1v) is 3.71. The summed E-state index contributed by atoms with van der Waals surface area (Å²) in [6.45, 7) is 3.76. The second kappa shape index (κ2) is 2.72. The van der Waals surface area contributed by atoms with E-state index in [0.717, 1.165) is 12.3 Å². The monoisotopic (exact) mass is 131 g/mol. The molecule has 1 rings (SSSR count). The lowest BCUT2D eigenvalue weighted by molar-refractivity contribution is 0.303. The van der Waals surface area contributed by atoms with Crippen LogP contribution in [0.3, 0.4) is 0 Å². The molecule has 0 aromatic carbocycles. The van der Waals surface area contributed by atoms with Crippen molar-refractivity contribution < 1.29 is 0 Å². The molecule has 0 aliphatic heterocycles. The van der Waals surface area contributed by atoms with Crippen LogP contribution in [0.5, 0.6) is 0 Å². The SMILES string of the molecule is [CH2]CC(Cl)C1CCC1. The van der Waals surface area contributed by atoms with Crippen molar-refractivity contribution in [2.24, 2.45) is 5.92 Å². The molecule has 1 aliphatic rings.